The third kappa shape index (κ3) is 6.60. The van der Waals surface area contributed by atoms with Gasteiger partial charge in [-0.3, -0.25) is 14.8 Å². The number of hydrogen-bond acceptors (Lipinski definition) is 7. The monoisotopic (exact) mass is 625 g/mol. The molecule has 36 heavy (non-hydrogen) atoms. The number of thiophene rings is 1. The Morgan fingerprint density at radius 2 is 2.00 bits per heavy atom. The molecule has 6 nitrogen and oxygen atoms in total. The van der Waals surface area contributed by atoms with Gasteiger partial charge >= 0.3 is 5.97 Å². The van der Waals surface area contributed by atoms with Gasteiger partial charge in [0.2, 0.25) is 0 Å². The van der Waals surface area contributed by atoms with E-state index < -0.39 is 5.54 Å². The highest BCUT2D eigenvalue weighted by Gasteiger charge is 2.46. The van der Waals surface area contributed by atoms with Crippen molar-refractivity contribution in [3.8, 4) is 5.75 Å². The quantitative estimate of drug-likeness (QED) is 0.195. The molecule has 2 aliphatic rings. The van der Waals surface area contributed by atoms with Crippen LogP contribution in [0.15, 0.2) is 29.6 Å². The van der Waals surface area contributed by atoms with Crippen molar-refractivity contribution in [3.05, 3.63) is 45.9 Å². The number of carbonyl (C=O) groups excluding carboxylic acids is 1. The van der Waals surface area contributed by atoms with E-state index >= 15 is 0 Å². The first-order chi connectivity index (χ1) is 17.4. The smallest absolute Gasteiger partial charge is 0.332 e. The minimum absolute atomic E-state index is 0.0882. The number of carbonyl (C=O) groups is 1. The Kier molecular flexibility index (Phi) is 10.1. The highest BCUT2D eigenvalue weighted by Crippen LogP contribution is 2.37. The lowest BCUT2D eigenvalue weighted by atomic mass is 9.90. The number of rotatable bonds is 10. The van der Waals surface area contributed by atoms with Crippen LogP contribution in [0.25, 0.3) is 0 Å². The zero-order valence-corrected chi connectivity index (χ0v) is 24.9. The van der Waals surface area contributed by atoms with Crippen LogP contribution >= 0.6 is 33.9 Å². The van der Waals surface area contributed by atoms with Crippen molar-refractivity contribution in [2.75, 3.05) is 43.8 Å². The summed E-state index contributed by atoms with van der Waals surface area (Å²) in [5.41, 5.74) is 1.21. The van der Waals surface area contributed by atoms with Crippen LogP contribution in [0.3, 0.4) is 0 Å². The van der Waals surface area contributed by atoms with E-state index in [0.29, 0.717) is 12.5 Å². The Hall–Kier alpha value is -1.23. The molecule has 0 N–H and O–H groups in total. The molecule has 0 bridgehead atoms. The lowest BCUT2D eigenvalue weighted by molar-refractivity contribution is -0.171. The number of halogens is 1. The number of nitrogens with zero attached hydrogens (tertiary/aromatic N) is 3. The molecule has 4 heterocycles. The van der Waals surface area contributed by atoms with Crippen molar-refractivity contribution in [2.24, 2.45) is 5.92 Å². The van der Waals surface area contributed by atoms with Gasteiger partial charge in [-0.05, 0) is 100 Å². The summed E-state index contributed by atoms with van der Waals surface area (Å²) in [6, 6.07) is 8.12. The molecule has 0 aromatic carbocycles. The van der Waals surface area contributed by atoms with E-state index in [9.17, 15) is 4.79 Å². The van der Waals surface area contributed by atoms with E-state index in [0.717, 1.165) is 84.8 Å². The molecule has 2 aromatic rings. The van der Waals surface area contributed by atoms with Gasteiger partial charge in [-0.2, -0.15) is 0 Å². The maximum absolute atomic E-state index is 13.9. The van der Waals surface area contributed by atoms with Crippen molar-refractivity contribution >= 4 is 39.9 Å². The molecule has 0 saturated carbocycles. The molecule has 2 saturated heterocycles. The number of aryl methyl sites for hydroxylation is 2. The fourth-order valence-corrected chi connectivity index (χ4v) is 7.18. The van der Waals surface area contributed by atoms with Gasteiger partial charge in [0.15, 0.2) is 5.54 Å². The van der Waals surface area contributed by atoms with Crippen LogP contribution < -0.4 is 4.74 Å². The molecule has 2 aromatic heterocycles. The predicted octanol–water partition coefficient (Wildman–Crippen LogP) is 5.60. The van der Waals surface area contributed by atoms with Crippen molar-refractivity contribution in [1.82, 2.24) is 14.8 Å². The first-order valence-electron chi connectivity index (χ1n) is 13.3. The Labute approximate surface area is 233 Å². The van der Waals surface area contributed by atoms with E-state index in [-0.39, 0.29) is 12.1 Å². The summed E-state index contributed by atoms with van der Waals surface area (Å²) in [7, 11) is 0. The minimum atomic E-state index is -0.717. The van der Waals surface area contributed by atoms with Crippen molar-refractivity contribution in [3.63, 3.8) is 0 Å². The first-order valence-corrected chi connectivity index (χ1v) is 15.7. The number of esters is 1. The van der Waals surface area contributed by atoms with Crippen LogP contribution in [-0.4, -0.2) is 70.6 Å². The minimum Gasteiger partial charge on any atom is -0.490 e. The van der Waals surface area contributed by atoms with Gasteiger partial charge < -0.3 is 9.47 Å². The molecule has 2 unspecified atom stereocenters. The summed E-state index contributed by atoms with van der Waals surface area (Å²) in [6.07, 6.45) is 5.55. The van der Waals surface area contributed by atoms with Crippen LogP contribution in [0.1, 0.15) is 55.3 Å². The highest BCUT2D eigenvalue weighted by atomic mass is 127. The maximum Gasteiger partial charge on any atom is 0.332 e. The second kappa shape index (κ2) is 13.0. The maximum atomic E-state index is 13.9. The fraction of sp³-hybridized carbons (Fsp3) is 0.643. The summed E-state index contributed by atoms with van der Waals surface area (Å²) >= 11 is 4.11. The van der Waals surface area contributed by atoms with Gasteiger partial charge in [0.1, 0.15) is 18.5 Å². The largest absolute Gasteiger partial charge is 0.490 e. The number of hydrogen-bond donors (Lipinski definition) is 0. The van der Waals surface area contributed by atoms with E-state index in [2.05, 4.69) is 55.7 Å². The topological polar surface area (TPSA) is 54.9 Å². The number of pyridine rings is 1. The van der Waals surface area contributed by atoms with Crippen LogP contribution in [0, 0.1) is 19.8 Å². The molecule has 198 valence electrons. The Balaban J connectivity index is 1.42. The van der Waals surface area contributed by atoms with E-state index in [4.69, 9.17) is 9.47 Å². The summed E-state index contributed by atoms with van der Waals surface area (Å²) < 4.78 is 13.6. The summed E-state index contributed by atoms with van der Waals surface area (Å²) in [4.78, 5) is 24.3. The van der Waals surface area contributed by atoms with Gasteiger partial charge in [0.25, 0.3) is 0 Å². The number of ether oxygens (including phenoxy) is 2. The highest BCUT2D eigenvalue weighted by molar-refractivity contribution is 14.1. The van der Waals surface area contributed by atoms with Crippen molar-refractivity contribution < 1.29 is 14.3 Å². The predicted molar refractivity (Wildman–Crippen MR) is 154 cm³/mol. The third-order valence-corrected chi connectivity index (χ3v) is 9.45. The van der Waals surface area contributed by atoms with Gasteiger partial charge in [0.05, 0.1) is 5.69 Å². The zero-order chi connectivity index (χ0) is 25.5. The number of piperidine rings is 2. The van der Waals surface area contributed by atoms with E-state index in [1.165, 1.54) is 6.42 Å². The average molecular weight is 626 g/mol. The Morgan fingerprint density at radius 3 is 2.69 bits per heavy atom. The molecule has 0 radical (unpaired) electrons. The third-order valence-electron chi connectivity index (χ3n) is 7.75. The zero-order valence-electron chi connectivity index (χ0n) is 21.9. The van der Waals surface area contributed by atoms with Crippen LogP contribution in [0.5, 0.6) is 5.75 Å². The molecular formula is C28H40IN3O3S. The first kappa shape index (κ1) is 27.8. The molecule has 0 aliphatic carbocycles. The van der Waals surface area contributed by atoms with Crippen LogP contribution in [0.4, 0.5) is 0 Å². The lowest BCUT2D eigenvalue weighted by Gasteiger charge is -2.43. The standard InChI is InChI=1S/C28H40IN3O3S/c1-21-9-10-24(22(2)30-21)34-18-17-31-16-12-23(11-13-29)25(20-31)35-27(33)28(3,26-8-7-19-36-26)32-14-5-4-6-15-32/h7-10,19,23,25H,4-6,11-18,20H2,1-3H3/t23?,25-,28?/m0/s1. The second-order valence-electron chi connectivity index (χ2n) is 10.3. The normalized spacial score (nSPS) is 23.2. The van der Waals surface area contributed by atoms with Gasteiger partial charge in [-0.15, -0.1) is 11.3 Å². The second-order valence-corrected chi connectivity index (χ2v) is 12.3. The van der Waals surface area contributed by atoms with E-state index in [1.54, 1.807) is 11.3 Å². The molecule has 0 spiro atoms. The van der Waals surface area contributed by atoms with Crippen molar-refractivity contribution in [2.45, 2.75) is 64.5 Å². The van der Waals surface area contributed by atoms with Gasteiger partial charge in [-0.25, -0.2) is 4.79 Å². The van der Waals surface area contributed by atoms with E-state index in [1.807, 2.05) is 32.0 Å². The number of alkyl halides is 1. The molecule has 8 heteroatoms. The lowest BCUT2D eigenvalue weighted by Crippen LogP contribution is -2.55. The molecule has 0 amide bonds. The molecular weight excluding hydrogens is 585 g/mol. The summed E-state index contributed by atoms with van der Waals surface area (Å²) in [6.45, 7) is 11.1. The SMILES string of the molecule is Cc1ccc(OCCN2CCC(CCI)[C@@H](OC(=O)C(C)(c3cccs3)N3CCCCC3)C2)c(C)n1. The Morgan fingerprint density at radius 1 is 1.19 bits per heavy atom. The number of likely N-dealkylation sites (tertiary alicyclic amines) is 2. The molecule has 2 aliphatic heterocycles. The Bertz CT molecular complexity index is 982. The summed E-state index contributed by atoms with van der Waals surface area (Å²) in [5, 5.41) is 2.07. The summed E-state index contributed by atoms with van der Waals surface area (Å²) in [5.74, 6) is 1.16. The van der Waals surface area contributed by atoms with Gasteiger partial charge in [0, 0.05) is 23.7 Å². The van der Waals surface area contributed by atoms with Crippen molar-refractivity contribution in [1.29, 1.82) is 0 Å². The molecule has 3 atom stereocenters. The molecule has 4 rings (SSSR count). The fourth-order valence-electron chi connectivity index (χ4n) is 5.48. The average Bonchev–Trinajstić information content (AvgIpc) is 3.42. The van der Waals surface area contributed by atoms with Crippen LogP contribution in [0.2, 0.25) is 0 Å². The molecule has 2 fully saturated rings. The number of aromatic nitrogens is 1. The van der Waals surface area contributed by atoms with Gasteiger partial charge in [-0.1, -0.05) is 35.1 Å². The van der Waals surface area contributed by atoms with Crippen LogP contribution in [-0.2, 0) is 15.1 Å².